The van der Waals surface area contributed by atoms with Crippen LogP contribution in [-0.2, 0) is 0 Å². The third-order valence-corrected chi connectivity index (χ3v) is 5.88. The molecule has 108 valence electrons. The molecule has 3 rings (SSSR count). The Morgan fingerprint density at radius 2 is 1.80 bits per heavy atom. The smallest absolute Gasteiger partial charge is 0.136 e. The van der Waals surface area contributed by atoms with Crippen LogP contribution in [0.15, 0.2) is 0 Å². The molecule has 2 heterocycles. The van der Waals surface area contributed by atoms with Crippen LogP contribution < -0.4 is 5.73 Å². The second-order valence-electron chi connectivity index (χ2n) is 6.87. The molecule has 0 amide bonds. The highest BCUT2D eigenvalue weighted by Crippen LogP contribution is 2.42. The van der Waals surface area contributed by atoms with E-state index in [2.05, 4.69) is 32.7 Å². The minimum Gasteiger partial charge on any atom is -0.383 e. The molecule has 1 aliphatic carbocycles. The van der Waals surface area contributed by atoms with Crippen LogP contribution in [0.25, 0.3) is 10.2 Å². The minimum atomic E-state index is 0.474. The molecule has 2 aromatic heterocycles. The zero-order valence-corrected chi connectivity index (χ0v) is 13.6. The fourth-order valence-corrected chi connectivity index (χ4v) is 4.18. The number of hydrogen-bond acceptors (Lipinski definition) is 4. The molecule has 0 saturated heterocycles. The van der Waals surface area contributed by atoms with E-state index in [1.54, 1.807) is 11.3 Å². The summed E-state index contributed by atoms with van der Waals surface area (Å²) < 4.78 is 0. The number of hydrogen-bond donors (Lipinski definition) is 1. The number of fused-ring (bicyclic) bond motifs is 1. The quantitative estimate of drug-likeness (QED) is 0.836. The van der Waals surface area contributed by atoms with Crippen molar-refractivity contribution in [2.45, 2.75) is 59.3 Å². The van der Waals surface area contributed by atoms with Crippen LogP contribution in [0.1, 0.15) is 61.7 Å². The van der Waals surface area contributed by atoms with E-state index >= 15 is 0 Å². The molecule has 0 atom stereocenters. The van der Waals surface area contributed by atoms with Gasteiger partial charge in [-0.05, 0) is 50.5 Å². The summed E-state index contributed by atoms with van der Waals surface area (Å²) in [6.07, 6.45) is 4.87. The van der Waals surface area contributed by atoms with Crippen molar-refractivity contribution in [2.75, 3.05) is 5.73 Å². The van der Waals surface area contributed by atoms with Crippen molar-refractivity contribution in [1.29, 1.82) is 0 Å². The predicted octanol–water partition coefficient (Wildman–Crippen LogP) is 4.57. The van der Waals surface area contributed by atoms with Crippen LogP contribution >= 0.6 is 11.3 Å². The summed E-state index contributed by atoms with van der Waals surface area (Å²) in [5, 5.41) is 1.06. The van der Waals surface area contributed by atoms with Gasteiger partial charge in [0.25, 0.3) is 0 Å². The van der Waals surface area contributed by atoms with Gasteiger partial charge >= 0.3 is 0 Å². The van der Waals surface area contributed by atoms with Crippen molar-refractivity contribution in [3.8, 4) is 0 Å². The van der Waals surface area contributed by atoms with Crippen molar-refractivity contribution in [3.63, 3.8) is 0 Å². The molecular weight excluding hydrogens is 266 g/mol. The fraction of sp³-hybridized carbons (Fsp3) is 0.625. The molecular formula is C16H23N3S. The van der Waals surface area contributed by atoms with E-state index in [-0.39, 0.29) is 0 Å². The van der Waals surface area contributed by atoms with E-state index in [0.717, 1.165) is 16.0 Å². The van der Waals surface area contributed by atoms with E-state index in [9.17, 15) is 0 Å². The predicted molar refractivity (Wildman–Crippen MR) is 86.3 cm³/mol. The molecule has 0 aromatic carbocycles. The number of aromatic nitrogens is 2. The molecule has 0 aliphatic heterocycles. The van der Waals surface area contributed by atoms with E-state index in [4.69, 9.17) is 10.7 Å². The van der Waals surface area contributed by atoms with Crippen LogP contribution in [0.3, 0.4) is 0 Å². The monoisotopic (exact) mass is 289 g/mol. The lowest BCUT2D eigenvalue weighted by Gasteiger charge is -2.33. The van der Waals surface area contributed by atoms with Crippen molar-refractivity contribution in [1.82, 2.24) is 9.97 Å². The maximum Gasteiger partial charge on any atom is 0.136 e. The highest BCUT2D eigenvalue weighted by atomic mass is 32.1. The molecule has 1 fully saturated rings. The molecule has 2 N–H and O–H groups in total. The first-order chi connectivity index (χ1) is 9.37. The number of nitrogen functional groups attached to an aromatic ring is 1. The molecule has 0 unspecified atom stereocenters. The Morgan fingerprint density at radius 3 is 2.45 bits per heavy atom. The summed E-state index contributed by atoms with van der Waals surface area (Å²) in [4.78, 5) is 11.8. The minimum absolute atomic E-state index is 0.474. The molecule has 1 saturated carbocycles. The van der Waals surface area contributed by atoms with E-state index in [1.165, 1.54) is 36.1 Å². The van der Waals surface area contributed by atoms with Crippen molar-refractivity contribution in [3.05, 3.63) is 16.3 Å². The van der Waals surface area contributed by atoms with Crippen molar-refractivity contribution >= 4 is 27.4 Å². The van der Waals surface area contributed by atoms with Gasteiger partial charge in [-0.15, -0.1) is 11.3 Å². The molecule has 20 heavy (non-hydrogen) atoms. The number of aryl methyl sites for hydroxylation is 2. The zero-order chi connectivity index (χ0) is 14.5. The highest BCUT2D eigenvalue weighted by molar-refractivity contribution is 7.18. The third-order valence-electron chi connectivity index (χ3n) is 4.78. The van der Waals surface area contributed by atoms with Gasteiger partial charge in [-0.25, -0.2) is 9.97 Å². The Bertz CT molecular complexity index is 647. The number of nitrogens with zero attached hydrogens (tertiary/aromatic N) is 2. The van der Waals surface area contributed by atoms with Crippen LogP contribution in [0, 0.1) is 19.3 Å². The molecule has 4 heteroatoms. The van der Waals surface area contributed by atoms with Gasteiger partial charge in [-0.1, -0.05) is 13.8 Å². The largest absolute Gasteiger partial charge is 0.383 e. The van der Waals surface area contributed by atoms with Gasteiger partial charge < -0.3 is 5.73 Å². The summed E-state index contributed by atoms with van der Waals surface area (Å²) in [5.41, 5.74) is 7.90. The zero-order valence-electron chi connectivity index (χ0n) is 12.8. The Balaban J connectivity index is 1.97. The van der Waals surface area contributed by atoms with Gasteiger partial charge in [-0.3, -0.25) is 0 Å². The Hall–Kier alpha value is -1.16. The Kier molecular flexibility index (Phi) is 3.24. The fourth-order valence-electron chi connectivity index (χ4n) is 3.14. The van der Waals surface area contributed by atoms with Gasteiger partial charge in [0.2, 0.25) is 0 Å². The lowest BCUT2D eigenvalue weighted by molar-refractivity contribution is 0.221. The highest BCUT2D eigenvalue weighted by Gasteiger charge is 2.29. The topological polar surface area (TPSA) is 51.8 Å². The Morgan fingerprint density at radius 1 is 1.15 bits per heavy atom. The number of thiophene rings is 1. The second-order valence-corrected chi connectivity index (χ2v) is 8.07. The summed E-state index contributed by atoms with van der Waals surface area (Å²) in [6.45, 7) is 8.95. The first kappa shape index (κ1) is 13.8. The number of nitrogens with two attached hydrogens (primary N) is 1. The molecule has 0 spiro atoms. The lowest BCUT2D eigenvalue weighted by atomic mass is 9.73. The van der Waals surface area contributed by atoms with Crippen molar-refractivity contribution in [2.24, 2.45) is 5.41 Å². The van der Waals surface area contributed by atoms with Gasteiger partial charge in [0, 0.05) is 10.8 Å². The van der Waals surface area contributed by atoms with E-state index < -0.39 is 0 Å². The molecule has 0 radical (unpaired) electrons. The standard InChI is InChI=1S/C16H23N3S/c1-9-10(2)20-15-12(9)13(17)18-14(19-15)11-5-7-16(3,4)8-6-11/h11H,5-8H2,1-4H3,(H2,17,18,19). The maximum atomic E-state index is 6.19. The lowest BCUT2D eigenvalue weighted by Crippen LogP contribution is -2.21. The average molecular weight is 289 g/mol. The van der Waals surface area contributed by atoms with Crippen LogP contribution in [0.5, 0.6) is 0 Å². The van der Waals surface area contributed by atoms with Crippen LogP contribution in [0.2, 0.25) is 0 Å². The van der Waals surface area contributed by atoms with Gasteiger partial charge in [0.15, 0.2) is 0 Å². The van der Waals surface area contributed by atoms with E-state index in [1.807, 2.05) is 0 Å². The molecule has 0 bridgehead atoms. The summed E-state index contributed by atoms with van der Waals surface area (Å²) in [6, 6.07) is 0. The SMILES string of the molecule is Cc1sc2nc(C3CCC(C)(C)CC3)nc(N)c2c1C. The van der Waals surface area contributed by atoms with Crippen molar-refractivity contribution < 1.29 is 0 Å². The van der Waals surface area contributed by atoms with Crippen LogP contribution in [0.4, 0.5) is 5.82 Å². The summed E-state index contributed by atoms with van der Waals surface area (Å²) in [5.74, 6) is 2.11. The van der Waals surface area contributed by atoms with Crippen LogP contribution in [-0.4, -0.2) is 9.97 Å². The van der Waals surface area contributed by atoms with E-state index in [0.29, 0.717) is 17.2 Å². The molecule has 2 aromatic rings. The summed E-state index contributed by atoms with van der Waals surface area (Å²) >= 11 is 1.74. The van der Waals surface area contributed by atoms with Gasteiger partial charge in [-0.2, -0.15) is 0 Å². The average Bonchev–Trinajstić information content (AvgIpc) is 2.65. The molecule has 1 aliphatic rings. The number of rotatable bonds is 1. The van der Waals surface area contributed by atoms with Gasteiger partial charge in [0.05, 0.1) is 5.39 Å². The Labute approximate surface area is 124 Å². The first-order valence-electron chi connectivity index (χ1n) is 7.40. The maximum absolute atomic E-state index is 6.19. The normalized spacial score (nSPS) is 19.6. The summed E-state index contributed by atoms with van der Waals surface area (Å²) in [7, 11) is 0. The number of anilines is 1. The third kappa shape index (κ3) is 2.30. The molecule has 3 nitrogen and oxygen atoms in total. The first-order valence-corrected chi connectivity index (χ1v) is 8.22. The second kappa shape index (κ2) is 4.69. The van der Waals surface area contributed by atoms with Gasteiger partial charge in [0.1, 0.15) is 16.5 Å².